The molecule has 0 atom stereocenters. The van der Waals surface area contributed by atoms with E-state index in [4.69, 9.17) is 23.2 Å². The van der Waals surface area contributed by atoms with Crippen LogP contribution in [0.1, 0.15) is 32.1 Å². The molecule has 0 bridgehead atoms. The number of halogens is 2. The Labute approximate surface area is 139 Å². The van der Waals surface area contributed by atoms with Crippen LogP contribution in [-0.4, -0.2) is 22.8 Å². The molecule has 1 aliphatic heterocycles. The predicted octanol–water partition coefficient (Wildman–Crippen LogP) is 3.90. The zero-order valence-electron chi connectivity index (χ0n) is 11.9. The smallest absolute Gasteiger partial charge is 0.279 e. The van der Waals surface area contributed by atoms with E-state index in [1.54, 1.807) is 24.3 Å². The average Bonchev–Trinajstić information content (AvgIpc) is 2.72. The first-order valence-electron chi connectivity index (χ1n) is 7.38. The fraction of sp³-hybridized carbons (Fsp3) is 0.375. The number of carbonyl (C=O) groups excluding carboxylic acids is 2. The van der Waals surface area contributed by atoms with Crippen molar-refractivity contribution < 1.29 is 9.59 Å². The molecule has 1 fully saturated rings. The molecule has 2 aliphatic rings. The third-order valence-electron chi connectivity index (χ3n) is 4.09. The summed E-state index contributed by atoms with van der Waals surface area (Å²) in [6, 6.07) is 6.91. The Bertz CT molecular complexity index is 651. The van der Waals surface area contributed by atoms with Gasteiger partial charge < -0.3 is 5.32 Å². The Morgan fingerprint density at radius 3 is 2.45 bits per heavy atom. The molecule has 22 heavy (non-hydrogen) atoms. The van der Waals surface area contributed by atoms with Crippen LogP contribution in [0.5, 0.6) is 0 Å². The summed E-state index contributed by atoms with van der Waals surface area (Å²) in [6.45, 7) is 0. The summed E-state index contributed by atoms with van der Waals surface area (Å²) >= 11 is 12.0. The highest BCUT2D eigenvalue weighted by Crippen LogP contribution is 2.32. The lowest BCUT2D eigenvalue weighted by atomic mass is 9.94. The van der Waals surface area contributed by atoms with Gasteiger partial charge in [0, 0.05) is 16.8 Å². The fourth-order valence-corrected chi connectivity index (χ4v) is 3.42. The van der Waals surface area contributed by atoms with E-state index in [2.05, 4.69) is 5.32 Å². The summed E-state index contributed by atoms with van der Waals surface area (Å²) in [5.41, 5.74) is 0.770. The second-order valence-corrected chi connectivity index (χ2v) is 6.41. The minimum absolute atomic E-state index is 0.0406. The summed E-state index contributed by atoms with van der Waals surface area (Å²) in [5.74, 6) is -0.745. The number of anilines is 1. The van der Waals surface area contributed by atoms with E-state index in [1.165, 1.54) is 4.90 Å². The molecule has 0 aromatic heterocycles. The van der Waals surface area contributed by atoms with Crippen molar-refractivity contribution in [3.63, 3.8) is 0 Å². The number of carbonyl (C=O) groups is 2. The average molecular weight is 339 g/mol. The van der Waals surface area contributed by atoms with Gasteiger partial charge in [0.15, 0.2) is 0 Å². The van der Waals surface area contributed by atoms with Crippen molar-refractivity contribution in [1.29, 1.82) is 0 Å². The van der Waals surface area contributed by atoms with Gasteiger partial charge in [-0.15, -0.1) is 0 Å². The Balaban J connectivity index is 1.82. The number of hydrogen-bond acceptors (Lipinski definition) is 3. The molecule has 1 saturated carbocycles. The van der Waals surface area contributed by atoms with E-state index in [9.17, 15) is 9.59 Å². The number of amides is 2. The Morgan fingerprint density at radius 1 is 1.05 bits per heavy atom. The molecule has 1 aliphatic carbocycles. The molecule has 3 rings (SSSR count). The van der Waals surface area contributed by atoms with Crippen molar-refractivity contribution in [1.82, 2.24) is 4.90 Å². The summed E-state index contributed by atoms with van der Waals surface area (Å²) < 4.78 is 0. The standard InChI is InChI=1S/C16H16Cl2N2O2/c17-10-5-4-6-11(9-10)19-14-13(18)15(21)20(16(14)22)12-7-2-1-3-8-12/h4-6,9,12,19H,1-3,7-8H2. The molecule has 0 spiro atoms. The van der Waals surface area contributed by atoms with Crippen LogP contribution in [-0.2, 0) is 9.59 Å². The highest BCUT2D eigenvalue weighted by molar-refractivity contribution is 6.48. The quantitative estimate of drug-likeness (QED) is 0.850. The number of hydrogen-bond donors (Lipinski definition) is 1. The van der Waals surface area contributed by atoms with Crippen molar-refractivity contribution in [2.75, 3.05) is 5.32 Å². The van der Waals surface area contributed by atoms with E-state index in [-0.39, 0.29) is 22.7 Å². The zero-order valence-corrected chi connectivity index (χ0v) is 13.5. The number of imide groups is 1. The second kappa shape index (κ2) is 6.31. The van der Waals surface area contributed by atoms with Gasteiger partial charge in [-0.25, -0.2) is 0 Å². The number of nitrogens with one attached hydrogen (secondary N) is 1. The maximum Gasteiger partial charge on any atom is 0.279 e. The monoisotopic (exact) mass is 338 g/mol. The van der Waals surface area contributed by atoms with Crippen molar-refractivity contribution in [3.05, 3.63) is 40.0 Å². The maximum atomic E-state index is 12.6. The molecule has 0 unspecified atom stereocenters. The molecule has 0 saturated heterocycles. The molecular weight excluding hydrogens is 323 g/mol. The largest absolute Gasteiger partial charge is 0.350 e. The molecule has 6 heteroatoms. The number of rotatable bonds is 3. The Kier molecular flexibility index (Phi) is 4.41. The van der Waals surface area contributed by atoms with E-state index in [0.29, 0.717) is 10.7 Å². The predicted molar refractivity (Wildman–Crippen MR) is 86.7 cm³/mol. The summed E-state index contributed by atoms with van der Waals surface area (Å²) in [5, 5.41) is 3.43. The van der Waals surface area contributed by atoms with Gasteiger partial charge in [-0.2, -0.15) is 0 Å². The van der Waals surface area contributed by atoms with Crippen molar-refractivity contribution in [2.45, 2.75) is 38.1 Å². The molecule has 1 aromatic carbocycles. The number of benzene rings is 1. The van der Waals surface area contributed by atoms with Gasteiger partial charge in [0.25, 0.3) is 11.8 Å². The first-order chi connectivity index (χ1) is 10.6. The maximum absolute atomic E-state index is 12.6. The highest BCUT2D eigenvalue weighted by atomic mass is 35.5. The van der Waals surface area contributed by atoms with Crippen LogP contribution in [0, 0.1) is 0 Å². The van der Waals surface area contributed by atoms with Gasteiger partial charge in [0.2, 0.25) is 0 Å². The molecule has 1 aromatic rings. The normalized spacial score (nSPS) is 20.0. The van der Waals surface area contributed by atoms with Crippen LogP contribution in [0.4, 0.5) is 5.69 Å². The third kappa shape index (κ3) is 2.85. The first-order valence-corrected chi connectivity index (χ1v) is 8.14. The van der Waals surface area contributed by atoms with Crippen LogP contribution >= 0.6 is 23.2 Å². The van der Waals surface area contributed by atoms with E-state index in [0.717, 1.165) is 32.1 Å². The van der Waals surface area contributed by atoms with Crippen LogP contribution in [0.3, 0.4) is 0 Å². The van der Waals surface area contributed by atoms with Gasteiger partial charge in [0.05, 0.1) is 0 Å². The molecule has 1 heterocycles. The minimum Gasteiger partial charge on any atom is -0.350 e. The van der Waals surface area contributed by atoms with Gasteiger partial charge in [-0.1, -0.05) is 48.5 Å². The lowest BCUT2D eigenvalue weighted by Gasteiger charge is -2.29. The van der Waals surface area contributed by atoms with Crippen molar-refractivity contribution in [3.8, 4) is 0 Å². The molecule has 1 N–H and O–H groups in total. The van der Waals surface area contributed by atoms with Gasteiger partial charge >= 0.3 is 0 Å². The van der Waals surface area contributed by atoms with Gasteiger partial charge in [-0.3, -0.25) is 14.5 Å². The topological polar surface area (TPSA) is 49.4 Å². The Morgan fingerprint density at radius 2 is 1.77 bits per heavy atom. The zero-order chi connectivity index (χ0) is 15.7. The third-order valence-corrected chi connectivity index (χ3v) is 4.68. The van der Waals surface area contributed by atoms with Crippen molar-refractivity contribution >= 4 is 40.7 Å². The SMILES string of the molecule is O=C1C(Cl)=C(Nc2cccc(Cl)c2)C(=O)N1C1CCCCC1. The van der Waals surface area contributed by atoms with E-state index in [1.807, 2.05) is 0 Å². The lowest BCUT2D eigenvalue weighted by molar-refractivity contribution is -0.140. The van der Waals surface area contributed by atoms with Crippen LogP contribution in [0.15, 0.2) is 35.0 Å². The summed E-state index contributed by atoms with van der Waals surface area (Å²) in [7, 11) is 0. The van der Waals surface area contributed by atoms with Crippen LogP contribution in [0.25, 0.3) is 0 Å². The second-order valence-electron chi connectivity index (χ2n) is 5.60. The minimum atomic E-state index is -0.400. The molecule has 2 amide bonds. The Hall–Kier alpha value is -1.52. The fourth-order valence-electron chi connectivity index (χ4n) is 3.01. The summed E-state index contributed by atoms with van der Waals surface area (Å²) in [4.78, 5) is 26.2. The number of nitrogens with zero attached hydrogens (tertiary/aromatic N) is 1. The summed E-state index contributed by atoms with van der Waals surface area (Å²) in [6.07, 6.45) is 4.94. The van der Waals surface area contributed by atoms with Crippen molar-refractivity contribution in [2.24, 2.45) is 0 Å². The lowest BCUT2D eigenvalue weighted by Crippen LogP contribution is -2.42. The van der Waals surface area contributed by atoms with Crippen LogP contribution in [0.2, 0.25) is 5.02 Å². The first kappa shape index (κ1) is 15.4. The molecule has 0 radical (unpaired) electrons. The molecule has 4 nitrogen and oxygen atoms in total. The molecule has 116 valence electrons. The molecular formula is C16H16Cl2N2O2. The van der Waals surface area contributed by atoms with Gasteiger partial charge in [0.1, 0.15) is 10.7 Å². The van der Waals surface area contributed by atoms with Gasteiger partial charge in [-0.05, 0) is 31.0 Å². The highest BCUT2D eigenvalue weighted by Gasteiger charge is 2.42. The van der Waals surface area contributed by atoms with Crippen LogP contribution < -0.4 is 5.32 Å². The van der Waals surface area contributed by atoms with E-state index >= 15 is 0 Å². The van der Waals surface area contributed by atoms with E-state index < -0.39 is 5.91 Å².